The summed E-state index contributed by atoms with van der Waals surface area (Å²) < 4.78 is 7.33. The van der Waals surface area contributed by atoms with Gasteiger partial charge in [0.1, 0.15) is 24.1 Å². The van der Waals surface area contributed by atoms with Gasteiger partial charge in [-0.25, -0.2) is 9.97 Å². The van der Waals surface area contributed by atoms with Crippen molar-refractivity contribution in [1.29, 1.82) is 0 Å². The Hall–Kier alpha value is -4.52. The molecule has 2 atom stereocenters. The van der Waals surface area contributed by atoms with E-state index in [1.807, 2.05) is 6.92 Å². The number of aryl methyl sites for hydroxylation is 1. The quantitative estimate of drug-likeness (QED) is 0.342. The fourth-order valence-electron chi connectivity index (χ4n) is 3.88. The lowest BCUT2D eigenvalue weighted by atomic mass is 10.1. The summed E-state index contributed by atoms with van der Waals surface area (Å²) in [7, 11) is 0. The third kappa shape index (κ3) is 6.24. The molecule has 4 N–H and O–H groups in total. The number of aliphatic hydroxyl groups is 1. The van der Waals surface area contributed by atoms with E-state index in [0.717, 1.165) is 5.56 Å². The summed E-state index contributed by atoms with van der Waals surface area (Å²) in [4.78, 5) is 61.2. The number of hydrogen-bond donors (Lipinski definition) is 4. The SMILES string of the molecule is Cc1ccc2cc1OCCNC(=O)CN(C(=O)c1cn3cccnc3n1)CCNC(=O)[C@H]([C@@H](C)O)NC2=O. The lowest BCUT2D eigenvalue weighted by Crippen LogP contribution is -2.53. The van der Waals surface area contributed by atoms with E-state index in [1.54, 1.807) is 35.0 Å². The first-order valence-corrected chi connectivity index (χ1v) is 12.1. The largest absolute Gasteiger partial charge is 0.491 e. The first-order chi connectivity index (χ1) is 18.2. The van der Waals surface area contributed by atoms with E-state index < -0.39 is 35.8 Å². The predicted molar refractivity (Wildman–Crippen MR) is 135 cm³/mol. The maximum absolute atomic E-state index is 13.2. The lowest BCUT2D eigenvalue weighted by molar-refractivity contribution is -0.125. The van der Waals surface area contributed by atoms with Gasteiger partial charge in [-0.3, -0.25) is 23.6 Å². The van der Waals surface area contributed by atoms with Crippen molar-refractivity contribution in [3.8, 4) is 5.75 Å². The second-order valence-corrected chi connectivity index (χ2v) is 8.84. The van der Waals surface area contributed by atoms with Gasteiger partial charge in [-0.15, -0.1) is 0 Å². The van der Waals surface area contributed by atoms with Gasteiger partial charge in [0.25, 0.3) is 11.8 Å². The van der Waals surface area contributed by atoms with E-state index in [2.05, 4.69) is 25.9 Å². The second kappa shape index (κ2) is 11.7. The molecule has 1 aromatic carbocycles. The van der Waals surface area contributed by atoms with Gasteiger partial charge in [-0.05, 0) is 37.6 Å². The van der Waals surface area contributed by atoms with Crippen LogP contribution >= 0.6 is 0 Å². The van der Waals surface area contributed by atoms with Crippen LogP contribution in [0.5, 0.6) is 5.75 Å². The molecule has 1 aliphatic rings. The van der Waals surface area contributed by atoms with Gasteiger partial charge in [0, 0.05) is 37.2 Å². The van der Waals surface area contributed by atoms with Crippen molar-refractivity contribution in [2.75, 3.05) is 32.8 Å². The van der Waals surface area contributed by atoms with Gasteiger partial charge in [-0.2, -0.15) is 0 Å². The van der Waals surface area contributed by atoms with E-state index in [9.17, 15) is 24.3 Å². The zero-order valence-corrected chi connectivity index (χ0v) is 21.0. The Kier molecular flexibility index (Phi) is 8.16. The Labute approximate surface area is 218 Å². The van der Waals surface area contributed by atoms with Crippen molar-refractivity contribution >= 4 is 29.4 Å². The molecule has 0 saturated carbocycles. The number of benzene rings is 1. The number of hydrogen-bond acceptors (Lipinski definition) is 8. The summed E-state index contributed by atoms with van der Waals surface area (Å²) in [6.07, 6.45) is 3.55. The molecule has 13 heteroatoms. The molecule has 2 bridgehead atoms. The van der Waals surface area contributed by atoms with Gasteiger partial charge in [0.05, 0.1) is 19.2 Å². The zero-order valence-electron chi connectivity index (χ0n) is 21.0. The third-order valence-corrected chi connectivity index (χ3v) is 5.94. The summed E-state index contributed by atoms with van der Waals surface area (Å²) in [6.45, 7) is 3.12. The Morgan fingerprint density at radius 3 is 2.79 bits per heavy atom. The fraction of sp³-hybridized carbons (Fsp3) is 0.360. The Bertz CT molecular complexity index is 1320. The number of ether oxygens (including phenoxy) is 1. The molecule has 200 valence electrons. The van der Waals surface area contributed by atoms with E-state index in [-0.39, 0.29) is 44.0 Å². The van der Waals surface area contributed by atoms with Gasteiger partial charge >= 0.3 is 0 Å². The van der Waals surface area contributed by atoms with Crippen LogP contribution in [-0.2, 0) is 9.59 Å². The van der Waals surface area contributed by atoms with Crippen LogP contribution in [0.4, 0.5) is 0 Å². The first kappa shape index (κ1) is 26.5. The topological polar surface area (TPSA) is 167 Å². The molecule has 4 amide bonds. The molecule has 38 heavy (non-hydrogen) atoms. The fourth-order valence-corrected chi connectivity index (χ4v) is 3.88. The minimum atomic E-state index is -1.25. The highest BCUT2D eigenvalue weighted by atomic mass is 16.5. The van der Waals surface area contributed by atoms with Gasteiger partial charge in [0.15, 0.2) is 0 Å². The van der Waals surface area contributed by atoms with E-state index >= 15 is 0 Å². The summed E-state index contributed by atoms with van der Waals surface area (Å²) >= 11 is 0. The molecular formula is C25H29N7O6. The van der Waals surface area contributed by atoms with Crippen molar-refractivity contribution in [3.05, 3.63) is 59.7 Å². The van der Waals surface area contributed by atoms with E-state index in [0.29, 0.717) is 11.5 Å². The number of aromatic nitrogens is 3. The molecule has 13 nitrogen and oxygen atoms in total. The Morgan fingerprint density at radius 2 is 2.03 bits per heavy atom. The maximum Gasteiger partial charge on any atom is 0.274 e. The number of fused-ring (bicyclic) bond motifs is 3. The molecule has 0 spiro atoms. The minimum absolute atomic E-state index is 0.0315. The molecule has 0 radical (unpaired) electrons. The molecular weight excluding hydrogens is 494 g/mol. The zero-order chi connectivity index (χ0) is 27.2. The number of carbonyl (C=O) groups excluding carboxylic acids is 4. The number of nitrogens with one attached hydrogen (secondary N) is 3. The first-order valence-electron chi connectivity index (χ1n) is 12.1. The molecule has 3 aromatic rings. The molecule has 1 aliphatic heterocycles. The summed E-state index contributed by atoms with van der Waals surface area (Å²) in [5.74, 6) is -1.40. The number of nitrogens with zero attached hydrogens (tertiary/aromatic N) is 4. The smallest absolute Gasteiger partial charge is 0.274 e. The number of aliphatic hydroxyl groups excluding tert-OH is 1. The highest BCUT2D eigenvalue weighted by molar-refractivity contribution is 5.98. The average Bonchev–Trinajstić information content (AvgIpc) is 3.33. The standard InChI is InChI=1S/C25H29N7O6/c1-15-4-5-17-12-19(15)38-11-8-26-20(34)14-31(10-7-27-23(36)21(16(2)33)30-22(17)35)24(37)18-13-32-9-3-6-28-25(32)29-18/h3-6,9,12-13,16,21,33H,7-8,10-11,14H2,1-2H3,(H,26,34)(H,27,36)(H,30,35)/t16-,21+/m1/s1. The molecule has 2 aromatic heterocycles. The predicted octanol–water partition coefficient (Wildman–Crippen LogP) is -0.716. The molecule has 0 aliphatic carbocycles. The molecule has 4 rings (SSSR count). The highest BCUT2D eigenvalue weighted by Crippen LogP contribution is 2.20. The number of carbonyl (C=O) groups is 4. The van der Waals surface area contributed by atoms with Gasteiger partial charge in [0.2, 0.25) is 17.6 Å². The molecule has 0 saturated heterocycles. The van der Waals surface area contributed by atoms with Crippen molar-refractivity contribution < 1.29 is 29.0 Å². The molecule has 0 fully saturated rings. The van der Waals surface area contributed by atoms with Crippen LogP contribution in [0.25, 0.3) is 5.78 Å². The van der Waals surface area contributed by atoms with Crippen LogP contribution in [-0.4, -0.2) is 92.9 Å². The second-order valence-electron chi connectivity index (χ2n) is 8.84. The average molecular weight is 524 g/mol. The number of rotatable bonds is 2. The maximum atomic E-state index is 13.2. The monoisotopic (exact) mass is 523 g/mol. The van der Waals surface area contributed by atoms with Crippen LogP contribution in [0.2, 0.25) is 0 Å². The van der Waals surface area contributed by atoms with Crippen LogP contribution in [0.3, 0.4) is 0 Å². The summed E-state index contributed by atoms with van der Waals surface area (Å²) in [6, 6.07) is 5.26. The normalized spacial score (nSPS) is 18.6. The van der Waals surface area contributed by atoms with Gasteiger partial charge in [-0.1, -0.05) is 6.07 Å². The van der Waals surface area contributed by atoms with E-state index in [4.69, 9.17) is 4.74 Å². The molecule has 0 unspecified atom stereocenters. The van der Waals surface area contributed by atoms with Crippen LogP contribution in [0, 0.1) is 6.92 Å². The summed E-state index contributed by atoms with van der Waals surface area (Å²) in [5, 5.41) is 18.0. The lowest BCUT2D eigenvalue weighted by Gasteiger charge is -2.24. The Morgan fingerprint density at radius 1 is 1.21 bits per heavy atom. The van der Waals surface area contributed by atoms with Crippen molar-refractivity contribution in [1.82, 2.24) is 35.2 Å². The minimum Gasteiger partial charge on any atom is -0.491 e. The van der Waals surface area contributed by atoms with Crippen LogP contribution < -0.4 is 20.7 Å². The highest BCUT2D eigenvalue weighted by Gasteiger charge is 2.27. The number of amides is 4. The van der Waals surface area contributed by atoms with Crippen LogP contribution in [0.1, 0.15) is 33.3 Å². The Balaban J connectivity index is 1.56. The van der Waals surface area contributed by atoms with Crippen molar-refractivity contribution in [2.24, 2.45) is 0 Å². The van der Waals surface area contributed by atoms with Crippen molar-refractivity contribution in [3.63, 3.8) is 0 Å². The van der Waals surface area contributed by atoms with Crippen molar-refractivity contribution in [2.45, 2.75) is 26.0 Å². The molecule has 3 heterocycles. The summed E-state index contributed by atoms with van der Waals surface area (Å²) in [5.41, 5.74) is 1.10. The van der Waals surface area contributed by atoms with Gasteiger partial charge < -0.3 is 30.7 Å². The van der Waals surface area contributed by atoms with E-state index in [1.165, 1.54) is 24.1 Å². The number of imidazole rings is 1. The van der Waals surface area contributed by atoms with Crippen LogP contribution in [0.15, 0.2) is 42.9 Å². The third-order valence-electron chi connectivity index (χ3n) is 5.94.